The normalized spacial score (nSPS) is 30.1. The number of methoxy groups -OCH3 is 1. The summed E-state index contributed by atoms with van der Waals surface area (Å²) in [6, 6.07) is 0. The number of esters is 1. The first-order valence-corrected chi connectivity index (χ1v) is 5.20. The molecule has 0 aromatic rings. The SMILES string of the molecule is COC(=O)C1=NCC(C2CCOC2)C=C1. The molecular weight excluding hydrogens is 194 g/mol. The summed E-state index contributed by atoms with van der Waals surface area (Å²) in [5.41, 5.74) is 0.424. The highest BCUT2D eigenvalue weighted by atomic mass is 16.5. The summed E-state index contributed by atoms with van der Waals surface area (Å²) in [5.74, 6) is 0.623. The zero-order valence-corrected chi connectivity index (χ0v) is 8.81. The molecule has 4 heteroatoms. The Kier molecular flexibility index (Phi) is 3.16. The average Bonchev–Trinajstić information content (AvgIpc) is 2.82. The van der Waals surface area contributed by atoms with Gasteiger partial charge in [-0.15, -0.1) is 0 Å². The molecule has 1 fully saturated rings. The summed E-state index contributed by atoms with van der Waals surface area (Å²) in [6.45, 7) is 2.34. The van der Waals surface area contributed by atoms with Crippen LogP contribution in [0.25, 0.3) is 0 Å². The van der Waals surface area contributed by atoms with Crippen LogP contribution in [0.15, 0.2) is 17.1 Å². The van der Waals surface area contributed by atoms with Crippen molar-refractivity contribution in [3.05, 3.63) is 12.2 Å². The molecule has 0 spiro atoms. The largest absolute Gasteiger partial charge is 0.464 e. The second-order valence-corrected chi connectivity index (χ2v) is 3.86. The topological polar surface area (TPSA) is 47.9 Å². The van der Waals surface area contributed by atoms with Crippen LogP contribution in [0.5, 0.6) is 0 Å². The molecule has 0 amide bonds. The van der Waals surface area contributed by atoms with Crippen LogP contribution >= 0.6 is 0 Å². The van der Waals surface area contributed by atoms with Crippen molar-refractivity contribution in [3.63, 3.8) is 0 Å². The van der Waals surface area contributed by atoms with Crippen molar-refractivity contribution in [1.29, 1.82) is 0 Å². The number of nitrogens with zero attached hydrogens (tertiary/aromatic N) is 1. The van der Waals surface area contributed by atoms with Crippen LogP contribution in [0.4, 0.5) is 0 Å². The van der Waals surface area contributed by atoms with Gasteiger partial charge in [0.1, 0.15) is 5.71 Å². The third-order valence-electron chi connectivity index (χ3n) is 2.94. The zero-order valence-electron chi connectivity index (χ0n) is 8.81. The fraction of sp³-hybridized carbons (Fsp3) is 0.636. The van der Waals surface area contributed by atoms with E-state index in [1.165, 1.54) is 7.11 Å². The van der Waals surface area contributed by atoms with Crippen LogP contribution in [0.3, 0.4) is 0 Å². The van der Waals surface area contributed by atoms with Crippen LogP contribution in [-0.2, 0) is 14.3 Å². The summed E-state index contributed by atoms with van der Waals surface area (Å²) in [5, 5.41) is 0. The van der Waals surface area contributed by atoms with Gasteiger partial charge in [-0.25, -0.2) is 4.79 Å². The standard InChI is InChI=1S/C11H15NO3/c1-14-11(13)10-3-2-8(6-12-10)9-4-5-15-7-9/h2-3,8-9H,4-7H2,1H3. The van der Waals surface area contributed by atoms with Crippen molar-refractivity contribution in [2.75, 3.05) is 26.9 Å². The Morgan fingerprint density at radius 1 is 1.67 bits per heavy atom. The molecule has 2 rings (SSSR count). The Hall–Kier alpha value is -1.16. The molecule has 0 saturated carbocycles. The number of hydrogen-bond acceptors (Lipinski definition) is 4. The molecule has 0 radical (unpaired) electrons. The Balaban J connectivity index is 1.94. The van der Waals surface area contributed by atoms with Crippen LogP contribution in [0.1, 0.15) is 6.42 Å². The maximum absolute atomic E-state index is 11.2. The second kappa shape index (κ2) is 4.57. The molecule has 0 aromatic carbocycles. The summed E-state index contributed by atoms with van der Waals surface area (Å²) >= 11 is 0. The number of aliphatic imine (C=N–C) groups is 1. The predicted octanol–water partition coefficient (Wildman–Crippen LogP) is 0.823. The van der Waals surface area contributed by atoms with E-state index in [0.717, 1.165) is 19.6 Å². The minimum Gasteiger partial charge on any atom is -0.464 e. The number of carbonyl (C=O) groups excluding carboxylic acids is 1. The summed E-state index contributed by atoms with van der Waals surface area (Å²) < 4.78 is 9.94. The lowest BCUT2D eigenvalue weighted by molar-refractivity contribution is -0.132. The highest BCUT2D eigenvalue weighted by molar-refractivity contribution is 6.41. The van der Waals surface area contributed by atoms with Crippen molar-refractivity contribution in [2.45, 2.75) is 6.42 Å². The molecule has 0 bridgehead atoms. The fourth-order valence-corrected chi connectivity index (χ4v) is 1.97. The highest BCUT2D eigenvalue weighted by Gasteiger charge is 2.26. The van der Waals surface area contributed by atoms with Crippen molar-refractivity contribution < 1.29 is 14.3 Å². The maximum atomic E-state index is 11.2. The average molecular weight is 209 g/mol. The van der Waals surface area contributed by atoms with Crippen molar-refractivity contribution in [1.82, 2.24) is 0 Å². The molecule has 15 heavy (non-hydrogen) atoms. The van der Waals surface area contributed by atoms with Gasteiger partial charge in [0.2, 0.25) is 0 Å². The highest BCUT2D eigenvalue weighted by Crippen LogP contribution is 2.25. The van der Waals surface area contributed by atoms with Gasteiger partial charge in [0.05, 0.1) is 13.7 Å². The molecule has 1 saturated heterocycles. The minimum atomic E-state index is -0.354. The molecule has 4 nitrogen and oxygen atoms in total. The Labute approximate surface area is 89.0 Å². The lowest BCUT2D eigenvalue weighted by atomic mass is 9.90. The Bertz CT molecular complexity index is 303. The van der Waals surface area contributed by atoms with E-state index in [0.29, 0.717) is 24.1 Å². The van der Waals surface area contributed by atoms with Crippen molar-refractivity contribution >= 4 is 11.7 Å². The van der Waals surface area contributed by atoms with Gasteiger partial charge in [-0.3, -0.25) is 4.99 Å². The van der Waals surface area contributed by atoms with Gasteiger partial charge in [-0.2, -0.15) is 0 Å². The van der Waals surface area contributed by atoms with E-state index >= 15 is 0 Å². The monoisotopic (exact) mass is 209 g/mol. The number of rotatable bonds is 2. The van der Waals surface area contributed by atoms with Crippen LogP contribution < -0.4 is 0 Å². The quantitative estimate of drug-likeness (QED) is 0.633. The van der Waals surface area contributed by atoms with Gasteiger partial charge >= 0.3 is 5.97 Å². The molecule has 0 N–H and O–H groups in total. The van der Waals surface area contributed by atoms with E-state index < -0.39 is 0 Å². The van der Waals surface area contributed by atoms with Gasteiger partial charge in [0.25, 0.3) is 0 Å². The Morgan fingerprint density at radius 3 is 3.07 bits per heavy atom. The lowest BCUT2D eigenvalue weighted by Gasteiger charge is -2.19. The smallest absolute Gasteiger partial charge is 0.356 e. The number of dihydropyridines is 1. The molecular formula is C11H15NO3. The molecule has 2 unspecified atom stereocenters. The van der Waals surface area contributed by atoms with Gasteiger partial charge in [0.15, 0.2) is 0 Å². The maximum Gasteiger partial charge on any atom is 0.356 e. The van der Waals surface area contributed by atoms with Gasteiger partial charge in [0, 0.05) is 19.1 Å². The summed E-state index contributed by atoms with van der Waals surface area (Å²) in [7, 11) is 1.37. The van der Waals surface area contributed by atoms with Gasteiger partial charge in [-0.1, -0.05) is 6.08 Å². The predicted molar refractivity (Wildman–Crippen MR) is 55.9 cm³/mol. The van der Waals surface area contributed by atoms with Crippen molar-refractivity contribution in [2.24, 2.45) is 16.8 Å². The molecule has 2 aliphatic rings. The first kappa shape index (κ1) is 10.4. The minimum absolute atomic E-state index is 0.354. The summed E-state index contributed by atoms with van der Waals surface area (Å²) in [6.07, 6.45) is 4.91. The van der Waals surface area contributed by atoms with E-state index in [1.807, 2.05) is 0 Å². The molecule has 2 atom stereocenters. The van der Waals surface area contributed by atoms with Crippen molar-refractivity contribution in [3.8, 4) is 0 Å². The Morgan fingerprint density at radius 2 is 2.53 bits per heavy atom. The lowest BCUT2D eigenvalue weighted by Crippen LogP contribution is -2.23. The van der Waals surface area contributed by atoms with E-state index in [-0.39, 0.29) is 5.97 Å². The summed E-state index contributed by atoms with van der Waals surface area (Å²) in [4.78, 5) is 15.4. The number of carbonyl (C=O) groups is 1. The second-order valence-electron chi connectivity index (χ2n) is 3.86. The fourth-order valence-electron chi connectivity index (χ4n) is 1.97. The van der Waals surface area contributed by atoms with Crippen LogP contribution in [-0.4, -0.2) is 38.5 Å². The zero-order chi connectivity index (χ0) is 10.7. The number of hydrogen-bond donors (Lipinski definition) is 0. The molecule has 2 heterocycles. The van der Waals surface area contributed by atoms with Gasteiger partial charge < -0.3 is 9.47 Å². The molecule has 82 valence electrons. The molecule has 0 aromatic heterocycles. The van der Waals surface area contributed by atoms with E-state index in [2.05, 4.69) is 15.8 Å². The van der Waals surface area contributed by atoms with E-state index in [1.54, 1.807) is 6.08 Å². The van der Waals surface area contributed by atoms with Crippen LogP contribution in [0, 0.1) is 11.8 Å². The van der Waals surface area contributed by atoms with E-state index in [4.69, 9.17) is 4.74 Å². The van der Waals surface area contributed by atoms with Crippen LogP contribution in [0.2, 0.25) is 0 Å². The first-order valence-electron chi connectivity index (χ1n) is 5.20. The van der Waals surface area contributed by atoms with E-state index in [9.17, 15) is 4.79 Å². The molecule has 0 aliphatic carbocycles. The molecule has 2 aliphatic heterocycles. The third-order valence-corrected chi connectivity index (χ3v) is 2.94. The number of ether oxygens (including phenoxy) is 2. The van der Waals surface area contributed by atoms with Gasteiger partial charge in [-0.05, 0) is 18.4 Å². The third kappa shape index (κ3) is 2.26. The first-order chi connectivity index (χ1) is 7.31.